The minimum absolute atomic E-state index is 0.460. The fraction of sp³-hybridized carbons (Fsp3) is 0.231. The van der Waals surface area contributed by atoms with Crippen LogP contribution in [-0.4, -0.2) is 9.97 Å². The molecule has 1 heterocycles. The van der Waals surface area contributed by atoms with Gasteiger partial charge in [0.15, 0.2) is 5.15 Å². The summed E-state index contributed by atoms with van der Waals surface area (Å²) in [4.78, 5) is 8.27. The van der Waals surface area contributed by atoms with Gasteiger partial charge in [0.2, 0.25) is 0 Å². The Labute approximate surface area is 99.3 Å². The molecular formula is C13H11ClN2. The molecule has 0 atom stereocenters. The summed E-state index contributed by atoms with van der Waals surface area (Å²) in [6.45, 7) is 0. The second-order valence-electron chi connectivity index (χ2n) is 4.09. The Balaban J connectivity index is 1.97. The van der Waals surface area contributed by atoms with Crippen LogP contribution in [0.2, 0.25) is 5.15 Å². The smallest absolute Gasteiger partial charge is 0.155 e. The molecule has 3 rings (SSSR count). The summed E-state index contributed by atoms with van der Waals surface area (Å²) >= 11 is 6.00. The van der Waals surface area contributed by atoms with E-state index in [1.807, 2.05) is 0 Å². The first kappa shape index (κ1) is 9.79. The van der Waals surface area contributed by atoms with Gasteiger partial charge in [-0.15, -0.1) is 0 Å². The number of hydrogen-bond donors (Lipinski definition) is 0. The van der Waals surface area contributed by atoms with E-state index in [2.05, 4.69) is 34.2 Å². The van der Waals surface area contributed by atoms with Gasteiger partial charge in [-0.1, -0.05) is 35.9 Å². The highest BCUT2D eigenvalue weighted by Crippen LogP contribution is 2.40. The third kappa shape index (κ3) is 1.81. The molecular weight excluding hydrogens is 220 g/mol. The molecule has 16 heavy (non-hydrogen) atoms. The summed E-state index contributed by atoms with van der Waals surface area (Å²) < 4.78 is 0. The first-order valence-corrected chi connectivity index (χ1v) is 5.79. The molecule has 0 amide bonds. The molecule has 0 aliphatic heterocycles. The van der Waals surface area contributed by atoms with Crippen LogP contribution in [0.15, 0.2) is 36.7 Å². The molecule has 1 aliphatic carbocycles. The van der Waals surface area contributed by atoms with Gasteiger partial charge >= 0.3 is 0 Å². The van der Waals surface area contributed by atoms with E-state index >= 15 is 0 Å². The molecule has 1 aromatic carbocycles. The predicted molar refractivity (Wildman–Crippen MR) is 64.5 cm³/mol. The average molecular weight is 231 g/mol. The first-order chi connectivity index (χ1) is 7.84. The quantitative estimate of drug-likeness (QED) is 0.787. The minimum atomic E-state index is 0.460. The number of aromatic nitrogens is 2. The molecule has 1 aliphatic rings. The van der Waals surface area contributed by atoms with Crippen molar-refractivity contribution in [3.8, 4) is 11.3 Å². The number of benzene rings is 1. The lowest BCUT2D eigenvalue weighted by Crippen LogP contribution is -1.87. The number of hydrogen-bond acceptors (Lipinski definition) is 2. The zero-order chi connectivity index (χ0) is 11.0. The molecule has 1 aromatic heterocycles. The monoisotopic (exact) mass is 230 g/mol. The maximum atomic E-state index is 6.00. The van der Waals surface area contributed by atoms with E-state index in [1.54, 1.807) is 12.4 Å². The molecule has 0 unspecified atom stereocenters. The molecule has 0 radical (unpaired) electrons. The molecule has 1 saturated carbocycles. The van der Waals surface area contributed by atoms with Crippen molar-refractivity contribution in [1.29, 1.82) is 0 Å². The van der Waals surface area contributed by atoms with E-state index in [0.717, 1.165) is 17.2 Å². The first-order valence-electron chi connectivity index (χ1n) is 5.41. The molecule has 0 spiro atoms. The zero-order valence-electron chi connectivity index (χ0n) is 8.73. The van der Waals surface area contributed by atoms with E-state index < -0.39 is 0 Å². The Morgan fingerprint density at radius 1 is 1.00 bits per heavy atom. The van der Waals surface area contributed by atoms with Crippen molar-refractivity contribution in [3.05, 3.63) is 47.4 Å². The Morgan fingerprint density at radius 2 is 1.69 bits per heavy atom. The largest absolute Gasteiger partial charge is 0.251 e. The maximum Gasteiger partial charge on any atom is 0.155 e. The molecule has 0 bridgehead atoms. The number of halogens is 1. The summed E-state index contributed by atoms with van der Waals surface area (Å²) in [6, 6.07) is 8.48. The van der Waals surface area contributed by atoms with Gasteiger partial charge < -0.3 is 0 Å². The van der Waals surface area contributed by atoms with E-state index in [4.69, 9.17) is 11.6 Å². The van der Waals surface area contributed by atoms with Crippen LogP contribution < -0.4 is 0 Å². The van der Waals surface area contributed by atoms with Crippen molar-refractivity contribution >= 4 is 11.6 Å². The van der Waals surface area contributed by atoms with Gasteiger partial charge in [0.25, 0.3) is 0 Å². The van der Waals surface area contributed by atoms with Crippen LogP contribution in [0.25, 0.3) is 11.3 Å². The lowest BCUT2D eigenvalue weighted by atomic mass is 10.1. The van der Waals surface area contributed by atoms with Gasteiger partial charge in [0.05, 0.1) is 0 Å². The SMILES string of the molecule is Clc1nccnc1-c1ccc(C2CC2)cc1. The zero-order valence-corrected chi connectivity index (χ0v) is 9.48. The standard InChI is InChI=1S/C13H11ClN2/c14-13-12(15-7-8-16-13)11-5-3-10(4-6-11)9-1-2-9/h3-9H,1-2H2. The van der Waals surface area contributed by atoms with Crippen molar-refractivity contribution in [2.24, 2.45) is 0 Å². The van der Waals surface area contributed by atoms with Gasteiger partial charge in [0.1, 0.15) is 5.69 Å². The molecule has 1 fully saturated rings. The summed E-state index contributed by atoms with van der Waals surface area (Å²) in [5, 5.41) is 0.460. The van der Waals surface area contributed by atoms with E-state index in [9.17, 15) is 0 Å². The minimum Gasteiger partial charge on any atom is -0.251 e. The highest BCUT2D eigenvalue weighted by Gasteiger charge is 2.23. The van der Waals surface area contributed by atoms with Crippen LogP contribution in [0.4, 0.5) is 0 Å². The van der Waals surface area contributed by atoms with Crippen molar-refractivity contribution in [1.82, 2.24) is 9.97 Å². The summed E-state index contributed by atoms with van der Waals surface area (Å²) in [7, 11) is 0. The average Bonchev–Trinajstić information content (AvgIpc) is 3.14. The second kappa shape index (κ2) is 3.87. The normalized spacial score (nSPS) is 15.1. The lowest BCUT2D eigenvalue weighted by Gasteiger charge is -2.03. The van der Waals surface area contributed by atoms with Gasteiger partial charge in [-0.25, -0.2) is 4.98 Å². The van der Waals surface area contributed by atoms with E-state index in [-0.39, 0.29) is 0 Å². The Kier molecular flexibility index (Phi) is 2.37. The van der Waals surface area contributed by atoms with Crippen molar-refractivity contribution in [2.45, 2.75) is 18.8 Å². The fourth-order valence-electron chi connectivity index (χ4n) is 1.84. The van der Waals surface area contributed by atoms with E-state index in [0.29, 0.717) is 5.15 Å². The topological polar surface area (TPSA) is 25.8 Å². The van der Waals surface area contributed by atoms with Crippen LogP contribution in [0.1, 0.15) is 24.3 Å². The van der Waals surface area contributed by atoms with Crippen LogP contribution in [-0.2, 0) is 0 Å². The van der Waals surface area contributed by atoms with Crippen LogP contribution >= 0.6 is 11.6 Å². The van der Waals surface area contributed by atoms with Crippen LogP contribution in [0, 0.1) is 0 Å². The Bertz CT molecular complexity index is 504. The van der Waals surface area contributed by atoms with Crippen molar-refractivity contribution in [3.63, 3.8) is 0 Å². The Morgan fingerprint density at radius 3 is 2.31 bits per heavy atom. The molecule has 3 heteroatoms. The van der Waals surface area contributed by atoms with Gasteiger partial charge in [-0.3, -0.25) is 4.98 Å². The summed E-state index contributed by atoms with van der Waals surface area (Å²) in [5.74, 6) is 0.784. The van der Waals surface area contributed by atoms with Gasteiger partial charge in [-0.05, 0) is 24.3 Å². The number of rotatable bonds is 2. The Hall–Kier alpha value is -1.41. The lowest BCUT2D eigenvalue weighted by molar-refractivity contribution is 1.13. The van der Waals surface area contributed by atoms with Gasteiger partial charge in [-0.2, -0.15) is 0 Å². The number of nitrogens with zero attached hydrogens (tertiary/aromatic N) is 2. The van der Waals surface area contributed by atoms with Crippen LogP contribution in [0.3, 0.4) is 0 Å². The highest BCUT2D eigenvalue weighted by molar-refractivity contribution is 6.31. The summed E-state index contributed by atoms with van der Waals surface area (Å²) in [6.07, 6.45) is 5.91. The predicted octanol–water partition coefficient (Wildman–Crippen LogP) is 3.67. The van der Waals surface area contributed by atoms with Crippen molar-refractivity contribution in [2.75, 3.05) is 0 Å². The fourth-order valence-corrected chi connectivity index (χ4v) is 2.06. The third-order valence-electron chi connectivity index (χ3n) is 2.89. The van der Waals surface area contributed by atoms with Crippen molar-refractivity contribution < 1.29 is 0 Å². The molecule has 2 aromatic rings. The second-order valence-corrected chi connectivity index (χ2v) is 4.45. The third-order valence-corrected chi connectivity index (χ3v) is 3.16. The molecule has 80 valence electrons. The summed E-state index contributed by atoms with van der Waals surface area (Å²) in [5.41, 5.74) is 3.21. The van der Waals surface area contributed by atoms with Crippen LogP contribution in [0.5, 0.6) is 0 Å². The van der Waals surface area contributed by atoms with Gasteiger partial charge in [0, 0.05) is 18.0 Å². The molecule has 0 saturated heterocycles. The molecule has 0 N–H and O–H groups in total. The molecule has 2 nitrogen and oxygen atoms in total. The maximum absolute atomic E-state index is 6.00. The van der Waals surface area contributed by atoms with E-state index in [1.165, 1.54) is 18.4 Å². The highest BCUT2D eigenvalue weighted by atomic mass is 35.5.